The number of hydrogen-bond acceptors (Lipinski definition) is 3. The van der Waals surface area contributed by atoms with Gasteiger partial charge in [-0.15, -0.1) is 0 Å². The molecule has 0 aliphatic heterocycles. The molecular formula is C10H8ClN3O. The fourth-order valence-electron chi connectivity index (χ4n) is 1.32. The first-order valence-corrected chi connectivity index (χ1v) is 4.74. The summed E-state index contributed by atoms with van der Waals surface area (Å²) in [5.41, 5.74) is 1.51. The summed E-state index contributed by atoms with van der Waals surface area (Å²) in [5, 5.41) is 10.7. The zero-order chi connectivity index (χ0) is 10.8. The number of aromatic nitrogens is 3. The number of nitrogens with one attached hydrogen (secondary N) is 1. The third-order valence-corrected chi connectivity index (χ3v) is 2.34. The van der Waals surface area contributed by atoms with Crippen molar-refractivity contribution in [3.05, 3.63) is 35.0 Å². The molecule has 4 nitrogen and oxygen atoms in total. The molecule has 1 aromatic carbocycles. The number of benzene rings is 1. The van der Waals surface area contributed by atoms with Gasteiger partial charge in [-0.25, -0.2) is 0 Å². The zero-order valence-electron chi connectivity index (χ0n) is 7.99. The SMILES string of the molecule is CC(=O)c1n[nH]nc1-c1ccccc1Cl. The quantitative estimate of drug-likeness (QED) is 0.792. The van der Waals surface area contributed by atoms with Crippen LogP contribution >= 0.6 is 11.6 Å². The van der Waals surface area contributed by atoms with E-state index < -0.39 is 0 Å². The van der Waals surface area contributed by atoms with E-state index in [1.165, 1.54) is 6.92 Å². The molecule has 0 fully saturated rings. The number of H-pyrrole nitrogens is 1. The van der Waals surface area contributed by atoms with Crippen molar-refractivity contribution in [2.45, 2.75) is 6.92 Å². The van der Waals surface area contributed by atoms with Gasteiger partial charge in [0.1, 0.15) is 5.69 Å². The summed E-state index contributed by atoms with van der Waals surface area (Å²) in [7, 11) is 0. The molecule has 2 rings (SSSR count). The maximum Gasteiger partial charge on any atom is 0.182 e. The fraction of sp³-hybridized carbons (Fsp3) is 0.100. The molecule has 0 saturated heterocycles. The molecule has 0 spiro atoms. The van der Waals surface area contributed by atoms with E-state index in [-0.39, 0.29) is 5.78 Å². The van der Waals surface area contributed by atoms with Crippen molar-refractivity contribution in [2.75, 3.05) is 0 Å². The molecule has 0 saturated carbocycles. The topological polar surface area (TPSA) is 58.6 Å². The lowest BCUT2D eigenvalue weighted by Crippen LogP contribution is -1.95. The van der Waals surface area contributed by atoms with Gasteiger partial charge in [-0.2, -0.15) is 15.4 Å². The van der Waals surface area contributed by atoms with E-state index >= 15 is 0 Å². The molecule has 15 heavy (non-hydrogen) atoms. The molecule has 0 bridgehead atoms. The molecule has 0 unspecified atom stereocenters. The van der Waals surface area contributed by atoms with E-state index in [0.717, 1.165) is 0 Å². The number of Topliss-reactive ketones (excluding diaryl/α,β-unsaturated/α-hetero) is 1. The zero-order valence-corrected chi connectivity index (χ0v) is 8.75. The second-order valence-corrected chi connectivity index (χ2v) is 3.46. The molecule has 5 heteroatoms. The van der Waals surface area contributed by atoms with Crippen LogP contribution in [0.5, 0.6) is 0 Å². The first-order chi connectivity index (χ1) is 7.20. The number of ketones is 1. The van der Waals surface area contributed by atoms with E-state index in [1.54, 1.807) is 12.1 Å². The van der Waals surface area contributed by atoms with Crippen LogP contribution in [-0.4, -0.2) is 21.2 Å². The Labute approximate surface area is 91.3 Å². The van der Waals surface area contributed by atoms with Gasteiger partial charge in [0.25, 0.3) is 0 Å². The Bertz CT molecular complexity index is 507. The van der Waals surface area contributed by atoms with E-state index in [1.807, 2.05) is 12.1 Å². The molecule has 0 atom stereocenters. The minimum atomic E-state index is -0.140. The number of rotatable bonds is 2. The van der Waals surface area contributed by atoms with Crippen molar-refractivity contribution >= 4 is 17.4 Å². The van der Waals surface area contributed by atoms with Gasteiger partial charge in [0, 0.05) is 12.5 Å². The van der Waals surface area contributed by atoms with Crippen molar-refractivity contribution < 1.29 is 4.79 Å². The minimum absolute atomic E-state index is 0.140. The molecule has 1 aromatic heterocycles. The fourth-order valence-corrected chi connectivity index (χ4v) is 1.54. The summed E-state index contributed by atoms with van der Waals surface area (Å²) in [6, 6.07) is 7.20. The third-order valence-electron chi connectivity index (χ3n) is 2.01. The molecule has 0 radical (unpaired) electrons. The average molecular weight is 222 g/mol. The van der Waals surface area contributed by atoms with Gasteiger partial charge >= 0.3 is 0 Å². The first-order valence-electron chi connectivity index (χ1n) is 4.36. The normalized spacial score (nSPS) is 10.3. The summed E-state index contributed by atoms with van der Waals surface area (Å²) < 4.78 is 0. The predicted molar refractivity (Wildman–Crippen MR) is 56.8 cm³/mol. The highest BCUT2D eigenvalue weighted by molar-refractivity contribution is 6.33. The van der Waals surface area contributed by atoms with Crippen LogP contribution in [0.25, 0.3) is 11.3 Å². The predicted octanol–water partition coefficient (Wildman–Crippen LogP) is 2.33. The Kier molecular flexibility index (Phi) is 2.51. The summed E-state index contributed by atoms with van der Waals surface area (Å²) in [4.78, 5) is 11.2. The van der Waals surface area contributed by atoms with Gasteiger partial charge in [0.15, 0.2) is 11.5 Å². The lowest BCUT2D eigenvalue weighted by Gasteiger charge is -2.00. The number of halogens is 1. The second-order valence-electron chi connectivity index (χ2n) is 3.06. The van der Waals surface area contributed by atoms with Crippen LogP contribution < -0.4 is 0 Å². The summed E-state index contributed by atoms with van der Waals surface area (Å²) in [5.74, 6) is -0.140. The highest BCUT2D eigenvalue weighted by Gasteiger charge is 2.15. The molecule has 1 heterocycles. The first kappa shape index (κ1) is 9.86. The smallest absolute Gasteiger partial charge is 0.182 e. The molecule has 0 amide bonds. The van der Waals surface area contributed by atoms with Crippen molar-refractivity contribution in [2.24, 2.45) is 0 Å². The lowest BCUT2D eigenvalue weighted by atomic mass is 10.1. The van der Waals surface area contributed by atoms with Crippen molar-refractivity contribution in [1.82, 2.24) is 15.4 Å². The van der Waals surface area contributed by atoms with Crippen LogP contribution in [0.1, 0.15) is 17.4 Å². The highest BCUT2D eigenvalue weighted by Crippen LogP contribution is 2.27. The van der Waals surface area contributed by atoms with Gasteiger partial charge in [-0.05, 0) is 6.07 Å². The van der Waals surface area contributed by atoms with Crippen LogP contribution in [0.4, 0.5) is 0 Å². The Hall–Kier alpha value is -1.68. The van der Waals surface area contributed by atoms with Crippen LogP contribution in [-0.2, 0) is 0 Å². The van der Waals surface area contributed by atoms with Crippen molar-refractivity contribution in [3.8, 4) is 11.3 Å². The van der Waals surface area contributed by atoms with Gasteiger partial charge in [0.2, 0.25) is 0 Å². The lowest BCUT2D eigenvalue weighted by molar-refractivity contribution is 0.101. The van der Waals surface area contributed by atoms with E-state index in [0.29, 0.717) is 22.0 Å². The second kappa shape index (κ2) is 3.82. The number of hydrogen-bond donors (Lipinski definition) is 1. The Morgan fingerprint density at radius 3 is 2.73 bits per heavy atom. The van der Waals surface area contributed by atoms with Crippen molar-refractivity contribution in [3.63, 3.8) is 0 Å². The number of carbonyl (C=O) groups excluding carboxylic acids is 1. The minimum Gasteiger partial charge on any atom is -0.293 e. The van der Waals surface area contributed by atoms with E-state index in [2.05, 4.69) is 15.4 Å². The monoisotopic (exact) mass is 221 g/mol. The molecular weight excluding hydrogens is 214 g/mol. The Morgan fingerprint density at radius 1 is 1.33 bits per heavy atom. The number of nitrogens with zero attached hydrogens (tertiary/aromatic N) is 2. The average Bonchev–Trinajstić information content (AvgIpc) is 2.67. The van der Waals surface area contributed by atoms with E-state index in [4.69, 9.17) is 11.6 Å². The van der Waals surface area contributed by atoms with Crippen LogP contribution in [0.2, 0.25) is 5.02 Å². The van der Waals surface area contributed by atoms with Gasteiger partial charge < -0.3 is 0 Å². The Morgan fingerprint density at radius 2 is 2.07 bits per heavy atom. The Balaban J connectivity index is 2.59. The van der Waals surface area contributed by atoms with E-state index in [9.17, 15) is 4.79 Å². The molecule has 0 aliphatic rings. The summed E-state index contributed by atoms with van der Waals surface area (Å²) in [6.45, 7) is 1.44. The maximum atomic E-state index is 11.2. The largest absolute Gasteiger partial charge is 0.293 e. The van der Waals surface area contributed by atoms with Crippen molar-refractivity contribution in [1.29, 1.82) is 0 Å². The molecule has 76 valence electrons. The number of aromatic amines is 1. The summed E-state index contributed by atoms with van der Waals surface area (Å²) in [6.07, 6.45) is 0. The summed E-state index contributed by atoms with van der Waals surface area (Å²) >= 11 is 6.00. The molecule has 2 aromatic rings. The van der Waals surface area contributed by atoms with Gasteiger partial charge in [0.05, 0.1) is 5.02 Å². The molecule has 1 N–H and O–H groups in total. The molecule has 0 aliphatic carbocycles. The number of carbonyl (C=O) groups is 1. The van der Waals surface area contributed by atoms with Crippen LogP contribution in [0, 0.1) is 0 Å². The third kappa shape index (κ3) is 1.76. The maximum absolute atomic E-state index is 11.2. The van der Waals surface area contributed by atoms with Crippen LogP contribution in [0.3, 0.4) is 0 Å². The standard InChI is InChI=1S/C10H8ClN3O/c1-6(15)9-10(13-14-12-9)7-4-2-3-5-8(7)11/h2-5H,1H3,(H,12,13,14). The highest BCUT2D eigenvalue weighted by atomic mass is 35.5. The van der Waals surface area contributed by atoms with Gasteiger partial charge in [-0.3, -0.25) is 4.79 Å². The van der Waals surface area contributed by atoms with Crippen LogP contribution in [0.15, 0.2) is 24.3 Å². The van der Waals surface area contributed by atoms with Gasteiger partial charge in [-0.1, -0.05) is 29.8 Å².